The number of carbonyl (C=O) groups excluding carboxylic acids is 1. The molecule has 3 rings (SSSR count). The van der Waals surface area contributed by atoms with Crippen LogP contribution in [0, 0.1) is 0 Å². The average molecular weight is 544 g/mol. The van der Waals surface area contributed by atoms with Crippen LogP contribution in [0.15, 0.2) is 42.5 Å². The maximum Gasteiger partial charge on any atom is 0.573 e. The summed E-state index contributed by atoms with van der Waals surface area (Å²) in [6.45, 7) is 1.36. The summed E-state index contributed by atoms with van der Waals surface area (Å²) in [5.74, 6) is -1.69. The molecule has 1 fully saturated rings. The maximum atomic E-state index is 13.2. The molecule has 0 radical (unpaired) electrons. The fourth-order valence-corrected chi connectivity index (χ4v) is 3.74. The summed E-state index contributed by atoms with van der Waals surface area (Å²) < 4.78 is 122. The van der Waals surface area contributed by atoms with Gasteiger partial charge < -0.3 is 9.64 Å². The first kappa shape index (κ1) is 28.4. The van der Waals surface area contributed by atoms with Gasteiger partial charge in [0.05, 0.1) is 16.8 Å². The molecule has 37 heavy (non-hydrogen) atoms. The largest absolute Gasteiger partial charge is 0.573 e. The molecule has 1 aliphatic heterocycles. The average Bonchev–Trinajstić information content (AvgIpc) is 2.78. The van der Waals surface area contributed by atoms with E-state index < -0.39 is 53.2 Å². The Labute approximate surface area is 204 Å². The molecule has 204 valence electrons. The molecule has 0 aliphatic carbocycles. The van der Waals surface area contributed by atoms with Crippen LogP contribution in [0.4, 0.5) is 45.2 Å². The van der Waals surface area contributed by atoms with Crippen LogP contribution in [-0.2, 0) is 17.1 Å². The van der Waals surface area contributed by atoms with Crippen molar-refractivity contribution in [2.75, 3.05) is 38.7 Å². The smallest absolute Gasteiger partial charge is 0.405 e. The van der Waals surface area contributed by atoms with Crippen LogP contribution in [-0.4, -0.2) is 55.3 Å². The van der Waals surface area contributed by atoms with Crippen LogP contribution < -0.4 is 15.6 Å². The van der Waals surface area contributed by atoms with E-state index in [9.17, 15) is 44.3 Å². The van der Waals surface area contributed by atoms with E-state index in [-0.39, 0.29) is 24.7 Å². The SMILES string of the molecule is CN1CCN(C(C(=O)NNc2cc(C(F)(F)F)cc(C(F)(F)F)c2)c2ccccc2OC(F)(F)F)CC1. The number of anilines is 1. The number of rotatable bonds is 6. The number of nitrogens with one attached hydrogen (secondary N) is 2. The van der Waals surface area contributed by atoms with Gasteiger partial charge in [-0.25, -0.2) is 0 Å². The minimum absolute atomic E-state index is 0.0786. The Kier molecular flexibility index (Phi) is 8.17. The third-order valence-electron chi connectivity index (χ3n) is 5.51. The lowest BCUT2D eigenvalue weighted by molar-refractivity contribution is -0.275. The summed E-state index contributed by atoms with van der Waals surface area (Å²) in [4.78, 5) is 16.6. The van der Waals surface area contributed by atoms with Crippen molar-refractivity contribution in [3.8, 4) is 5.75 Å². The van der Waals surface area contributed by atoms with Gasteiger partial charge in [0.15, 0.2) is 0 Å². The number of ether oxygens (including phenoxy) is 1. The zero-order chi connectivity index (χ0) is 27.6. The summed E-state index contributed by atoms with van der Waals surface area (Å²) in [5, 5.41) is 0. The number of likely N-dealkylation sites (N-methyl/N-ethyl adjacent to an activating group) is 1. The highest BCUT2D eigenvalue weighted by molar-refractivity contribution is 5.85. The Balaban J connectivity index is 1.93. The number of benzene rings is 2. The van der Waals surface area contributed by atoms with Gasteiger partial charge in [-0.05, 0) is 31.3 Å². The molecule has 1 saturated heterocycles. The van der Waals surface area contributed by atoms with E-state index in [1.807, 2.05) is 15.8 Å². The van der Waals surface area contributed by atoms with E-state index in [2.05, 4.69) is 4.74 Å². The highest BCUT2D eigenvalue weighted by atomic mass is 19.4. The fraction of sp³-hybridized carbons (Fsp3) is 0.409. The van der Waals surface area contributed by atoms with Gasteiger partial charge in [0, 0.05) is 31.7 Å². The number of alkyl halides is 9. The van der Waals surface area contributed by atoms with Gasteiger partial charge in [-0.3, -0.25) is 20.5 Å². The molecule has 1 aliphatic rings. The molecule has 1 amide bonds. The lowest BCUT2D eigenvalue weighted by Gasteiger charge is -2.37. The van der Waals surface area contributed by atoms with E-state index >= 15 is 0 Å². The van der Waals surface area contributed by atoms with E-state index in [4.69, 9.17) is 0 Å². The Morgan fingerprint density at radius 1 is 0.865 bits per heavy atom. The molecule has 0 aromatic heterocycles. The second-order valence-corrected chi connectivity index (χ2v) is 8.24. The van der Waals surface area contributed by atoms with Crippen LogP contribution in [0.3, 0.4) is 0 Å². The Hall–Kier alpha value is -3.20. The van der Waals surface area contributed by atoms with Gasteiger partial charge in [0.1, 0.15) is 11.8 Å². The number of hydrogen-bond donors (Lipinski definition) is 2. The molecule has 0 spiro atoms. The first-order valence-electron chi connectivity index (χ1n) is 10.7. The fourth-order valence-electron chi connectivity index (χ4n) is 3.74. The second kappa shape index (κ2) is 10.7. The molecule has 0 bridgehead atoms. The molecule has 1 unspecified atom stereocenters. The van der Waals surface area contributed by atoms with E-state index in [0.29, 0.717) is 25.2 Å². The minimum Gasteiger partial charge on any atom is -0.405 e. The van der Waals surface area contributed by atoms with Crippen LogP contribution in [0.25, 0.3) is 0 Å². The lowest BCUT2D eigenvalue weighted by Crippen LogP contribution is -2.50. The number of hydrogen-bond acceptors (Lipinski definition) is 5. The number of carbonyl (C=O) groups is 1. The highest BCUT2D eigenvalue weighted by Gasteiger charge is 2.38. The Bertz CT molecular complexity index is 1060. The molecular formula is C22H21F9N4O2. The molecule has 2 aromatic carbocycles. The Morgan fingerprint density at radius 2 is 1.41 bits per heavy atom. The first-order valence-corrected chi connectivity index (χ1v) is 10.7. The van der Waals surface area contributed by atoms with Gasteiger partial charge in [-0.1, -0.05) is 18.2 Å². The first-order chi connectivity index (χ1) is 17.0. The van der Waals surface area contributed by atoms with Crippen LogP contribution in [0.1, 0.15) is 22.7 Å². The lowest BCUT2D eigenvalue weighted by atomic mass is 10.0. The van der Waals surface area contributed by atoms with Gasteiger partial charge in [-0.15, -0.1) is 13.2 Å². The highest BCUT2D eigenvalue weighted by Crippen LogP contribution is 2.38. The van der Waals surface area contributed by atoms with Crippen molar-refractivity contribution < 1.29 is 49.0 Å². The number of piperazine rings is 1. The molecule has 0 saturated carbocycles. The molecule has 6 nitrogen and oxygen atoms in total. The number of nitrogens with zero attached hydrogens (tertiary/aromatic N) is 2. The molecule has 15 heteroatoms. The van der Waals surface area contributed by atoms with E-state index in [1.165, 1.54) is 23.1 Å². The molecule has 1 atom stereocenters. The van der Waals surface area contributed by atoms with Crippen LogP contribution in [0.2, 0.25) is 0 Å². The third-order valence-corrected chi connectivity index (χ3v) is 5.51. The maximum absolute atomic E-state index is 13.2. The molecule has 2 N–H and O–H groups in total. The normalized spacial score (nSPS) is 16.8. The standard InChI is InChI=1S/C22H21F9N4O2/c1-34-6-8-35(9-7-34)18(16-4-2-3-5-17(16)37-22(29,30)31)19(36)33-32-15-11-13(20(23,24)25)10-14(12-15)21(26,27)28/h2-5,10-12,18,32H,6-9H2,1H3,(H,33,36). The number of hydrazine groups is 1. The van der Waals surface area contributed by atoms with Gasteiger partial charge in [0.2, 0.25) is 0 Å². The van der Waals surface area contributed by atoms with Gasteiger partial charge in [-0.2, -0.15) is 26.3 Å². The molecule has 2 aromatic rings. The zero-order valence-electron chi connectivity index (χ0n) is 19.1. The van der Waals surface area contributed by atoms with Crippen LogP contribution >= 0.6 is 0 Å². The van der Waals surface area contributed by atoms with Crippen molar-refractivity contribution in [3.05, 3.63) is 59.2 Å². The van der Waals surface area contributed by atoms with Crippen molar-refractivity contribution in [2.24, 2.45) is 0 Å². The predicted octanol–water partition coefficient (Wildman–Crippen LogP) is 5.05. The summed E-state index contributed by atoms with van der Waals surface area (Å²) in [6.07, 6.45) is -15.3. The summed E-state index contributed by atoms with van der Waals surface area (Å²) in [7, 11) is 1.79. The summed E-state index contributed by atoms with van der Waals surface area (Å²) in [5.41, 5.74) is -0.0717. The van der Waals surface area contributed by atoms with E-state index in [0.717, 1.165) is 6.07 Å². The number of para-hydroxylation sites is 1. The zero-order valence-corrected chi connectivity index (χ0v) is 19.1. The molecule has 1 heterocycles. The summed E-state index contributed by atoms with van der Waals surface area (Å²) >= 11 is 0. The quantitative estimate of drug-likeness (QED) is 0.394. The van der Waals surface area contributed by atoms with E-state index in [1.54, 1.807) is 7.05 Å². The topological polar surface area (TPSA) is 56.8 Å². The van der Waals surface area contributed by atoms with Gasteiger partial charge >= 0.3 is 18.7 Å². The predicted molar refractivity (Wildman–Crippen MR) is 113 cm³/mol. The van der Waals surface area contributed by atoms with Crippen molar-refractivity contribution >= 4 is 11.6 Å². The Morgan fingerprint density at radius 3 is 1.92 bits per heavy atom. The number of amides is 1. The third kappa shape index (κ3) is 7.64. The molecular weight excluding hydrogens is 523 g/mol. The monoisotopic (exact) mass is 544 g/mol. The van der Waals surface area contributed by atoms with Crippen molar-refractivity contribution in [3.63, 3.8) is 0 Å². The van der Waals surface area contributed by atoms with Crippen molar-refractivity contribution in [1.82, 2.24) is 15.2 Å². The summed E-state index contributed by atoms with van der Waals surface area (Å²) in [6, 6.07) is 4.07. The number of halogens is 9. The minimum atomic E-state index is -5.11. The second-order valence-electron chi connectivity index (χ2n) is 8.24. The van der Waals surface area contributed by atoms with Crippen molar-refractivity contribution in [2.45, 2.75) is 24.8 Å². The van der Waals surface area contributed by atoms with Crippen LogP contribution in [0.5, 0.6) is 5.75 Å². The van der Waals surface area contributed by atoms with Crippen molar-refractivity contribution in [1.29, 1.82) is 0 Å². The van der Waals surface area contributed by atoms with Gasteiger partial charge in [0.25, 0.3) is 5.91 Å².